The molecule has 0 rings (SSSR count). The van der Waals surface area contributed by atoms with Gasteiger partial charge in [-0.1, -0.05) is 0 Å². The van der Waals surface area contributed by atoms with Crippen molar-refractivity contribution in [1.82, 2.24) is 4.90 Å². The van der Waals surface area contributed by atoms with Crippen LogP contribution in [0.25, 0.3) is 0 Å². The lowest BCUT2D eigenvalue weighted by Gasteiger charge is -2.26. The number of nitriles is 2. The predicted octanol–water partition coefficient (Wildman–Crippen LogP) is 0.962. The Balaban J connectivity index is 3.95. The number of nitrogens with two attached hydrogens (primary N) is 2. The monoisotopic (exact) mass is 251 g/mol. The van der Waals surface area contributed by atoms with E-state index in [2.05, 4.69) is 17.0 Å². The first-order chi connectivity index (χ1) is 8.55. The third-order valence-electron chi connectivity index (χ3n) is 3.02. The summed E-state index contributed by atoms with van der Waals surface area (Å²) >= 11 is 0. The molecule has 0 amide bonds. The van der Waals surface area contributed by atoms with Crippen LogP contribution >= 0.6 is 0 Å². The van der Waals surface area contributed by atoms with Gasteiger partial charge in [-0.2, -0.15) is 10.5 Å². The average molecular weight is 251 g/mol. The van der Waals surface area contributed by atoms with E-state index in [9.17, 15) is 0 Å². The summed E-state index contributed by atoms with van der Waals surface area (Å²) in [6.07, 6.45) is 3.73. The van der Waals surface area contributed by atoms with Crippen molar-refractivity contribution >= 4 is 0 Å². The molecule has 18 heavy (non-hydrogen) atoms. The standard InChI is InChI=1S/C13H25N5/c1-13(17,6-9-16)5-2-10-18(11-3-7-14)12-4-8-15/h2-6,9-12,16-17H2,1H3. The molecule has 0 aromatic rings. The van der Waals surface area contributed by atoms with Gasteiger partial charge in [-0.3, -0.25) is 0 Å². The van der Waals surface area contributed by atoms with Gasteiger partial charge >= 0.3 is 0 Å². The van der Waals surface area contributed by atoms with E-state index in [1.54, 1.807) is 0 Å². The minimum atomic E-state index is -0.203. The summed E-state index contributed by atoms with van der Waals surface area (Å²) in [6, 6.07) is 4.27. The minimum Gasteiger partial charge on any atom is -0.330 e. The highest BCUT2D eigenvalue weighted by atomic mass is 15.1. The molecule has 0 bridgehead atoms. The van der Waals surface area contributed by atoms with Gasteiger partial charge in [0.25, 0.3) is 0 Å². The molecular weight excluding hydrogens is 226 g/mol. The van der Waals surface area contributed by atoms with Gasteiger partial charge in [0, 0.05) is 31.5 Å². The average Bonchev–Trinajstić information content (AvgIpc) is 2.31. The first-order valence-corrected chi connectivity index (χ1v) is 6.51. The molecule has 0 heterocycles. The fraction of sp³-hybridized carbons (Fsp3) is 0.846. The molecule has 0 saturated carbocycles. The maximum absolute atomic E-state index is 8.59. The van der Waals surface area contributed by atoms with Crippen molar-refractivity contribution in [2.24, 2.45) is 11.5 Å². The SMILES string of the molecule is CC(N)(CCN)CCCN(CCC#N)CCC#N. The van der Waals surface area contributed by atoms with Crippen molar-refractivity contribution in [3.05, 3.63) is 0 Å². The van der Waals surface area contributed by atoms with Crippen molar-refractivity contribution in [3.63, 3.8) is 0 Å². The van der Waals surface area contributed by atoms with Gasteiger partial charge < -0.3 is 16.4 Å². The van der Waals surface area contributed by atoms with Crippen LogP contribution in [0.1, 0.15) is 39.0 Å². The van der Waals surface area contributed by atoms with Crippen LogP contribution < -0.4 is 11.5 Å². The van der Waals surface area contributed by atoms with Gasteiger partial charge in [-0.05, 0) is 39.3 Å². The zero-order chi connectivity index (χ0) is 13.9. The maximum atomic E-state index is 8.59. The molecule has 0 fully saturated rings. The van der Waals surface area contributed by atoms with E-state index in [4.69, 9.17) is 22.0 Å². The summed E-state index contributed by atoms with van der Waals surface area (Å²) in [4.78, 5) is 2.16. The van der Waals surface area contributed by atoms with Crippen LogP contribution in [0.4, 0.5) is 0 Å². The van der Waals surface area contributed by atoms with Gasteiger partial charge in [-0.15, -0.1) is 0 Å². The molecule has 0 aliphatic carbocycles. The van der Waals surface area contributed by atoms with E-state index in [0.717, 1.165) is 38.9 Å². The van der Waals surface area contributed by atoms with Gasteiger partial charge in [-0.25, -0.2) is 0 Å². The van der Waals surface area contributed by atoms with Gasteiger partial charge in [0.2, 0.25) is 0 Å². The highest BCUT2D eigenvalue weighted by molar-refractivity contribution is 4.80. The Hall–Kier alpha value is -1.14. The first kappa shape index (κ1) is 16.9. The lowest BCUT2D eigenvalue weighted by Crippen LogP contribution is -2.39. The predicted molar refractivity (Wildman–Crippen MR) is 72.4 cm³/mol. The summed E-state index contributed by atoms with van der Waals surface area (Å²) in [7, 11) is 0. The summed E-state index contributed by atoms with van der Waals surface area (Å²) in [5.74, 6) is 0. The summed E-state index contributed by atoms with van der Waals surface area (Å²) in [6.45, 7) is 4.99. The molecule has 0 saturated heterocycles. The Kier molecular flexibility index (Phi) is 9.22. The minimum absolute atomic E-state index is 0.203. The molecule has 0 spiro atoms. The zero-order valence-electron chi connectivity index (χ0n) is 11.4. The molecule has 0 aliphatic rings. The third-order valence-corrected chi connectivity index (χ3v) is 3.02. The Morgan fingerprint density at radius 1 is 1.06 bits per heavy atom. The van der Waals surface area contributed by atoms with E-state index in [-0.39, 0.29) is 5.54 Å². The Bertz CT molecular complexity index is 269. The molecule has 1 unspecified atom stereocenters. The van der Waals surface area contributed by atoms with E-state index < -0.39 is 0 Å². The molecule has 102 valence electrons. The van der Waals surface area contributed by atoms with Crippen molar-refractivity contribution < 1.29 is 0 Å². The molecular formula is C13H25N5. The number of nitrogens with zero attached hydrogens (tertiary/aromatic N) is 3. The maximum Gasteiger partial charge on any atom is 0.0635 e. The van der Waals surface area contributed by atoms with E-state index in [0.29, 0.717) is 19.4 Å². The van der Waals surface area contributed by atoms with Gasteiger partial charge in [0.15, 0.2) is 0 Å². The van der Waals surface area contributed by atoms with Gasteiger partial charge in [0.05, 0.1) is 12.1 Å². The third kappa shape index (κ3) is 8.95. The smallest absolute Gasteiger partial charge is 0.0635 e. The lowest BCUT2D eigenvalue weighted by atomic mass is 9.93. The fourth-order valence-corrected chi connectivity index (χ4v) is 1.91. The van der Waals surface area contributed by atoms with Crippen LogP contribution in [0.2, 0.25) is 0 Å². The molecule has 0 aromatic carbocycles. The zero-order valence-corrected chi connectivity index (χ0v) is 11.4. The van der Waals surface area contributed by atoms with Crippen LogP contribution in [-0.4, -0.2) is 36.6 Å². The van der Waals surface area contributed by atoms with Crippen LogP contribution in [0.15, 0.2) is 0 Å². The molecule has 0 aliphatic heterocycles. The van der Waals surface area contributed by atoms with Gasteiger partial charge in [0.1, 0.15) is 0 Å². The fourth-order valence-electron chi connectivity index (χ4n) is 1.91. The second-order valence-electron chi connectivity index (χ2n) is 4.95. The van der Waals surface area contributed by atoms with Crippen LogP contribution in [0, 0.1) is 22.7 Å². The van der Waals surface area contributed by atoms with E-state index in [1.165, 1.54) is 0 Å². The summed E-state index contributed by atoms with van der Waals surface area (Å²) in [5.41, 5.74) is 11.4. The van der Waals surface area contributed by atoms with Crippen LogP contribution in [-0.2, 0) is 0 Å². The second kappa shape index (κ2) is 9.85. The number of hydrogen-bond acceptors (Lipinski definition) is 5. The highest BCUT2D eigenvalue weighted by Crippen LogP contribution is 2.13. The molecule has 4 N–H and O–H groups in total. The van der Waals surface area contributed by atoms with Crippen molar-refractivity contribution in [1.29, 1.82) is 10.5 Å². The van der Waals surface area contributed by atoms with Crippen molar-refractivity contribution in [2.75, 3.05) is 26.2 Å². The lowest BCUT2D eigenvalue weighted by molar-refractivity contribution is 0.264. The normalized spacial score (nSPS) is 13.9. The Labute approximate surface area is 110 Å². The first-order valence-electron chi connectivity index (χ1n) is 6.51. The number of rotatable bonds is 10. The van der Waals surface area contributed by atoms with Crippen LogP contribution in [0.5, 0.6) is 0 Å². The van der Waals surface area contributed by atoms with E-state index >= 15 is 0 Å². The molecule has 5 nitrogen and oxygen atoms in total. The van der Waals surface area contributed by atoms with Crippen molar-refractivity contribution in [2.45, 2.75) is 44.6 Å². The highest BCUT2D eigenvalue weighted by Gasteiger charge is 2.17. The topological polar surface area (TPSA) is 103 Å². The summed E-state index contributed by atoms with van der Waals surface area (Å²) in [5, 5.41) is 17.2. The largest absolute Gasteiger partial charge is 0.330 e. The summed E-state index contributed by atoms with van der Waals surface area (Å²) < 4.78 is 0. The Morgan fingerprint density at radius 3 is 2.06 bits per heavy atom. The van der Waals surface area contributed by atoms with Crippen LogP contribution in [0.3, 0.4) is 0 Å². The number of hydrogen-bond donors (Lipinski definition) is 2. The molecule has 0 aromatic heterocycles. The molecule has 5 heteroatoms. The molecule has 0 radical (unpaired) electrons. The second-order valence-corrected chi connectivity index (χ2v) is 4.95. The molecule has 1 atom stereocenters. The van der Waals surface area contributed by atoms with Crippen molar-refractivity contribution in [3.8, 4) is 12.1 Å². The Morgan fingerprint density at radius 2 is 1.61 bits per heavy atom. The van der Waals surface area contributed by atoms with E-state index in [1.807, 2.05) is 6.92 Å². The quantitative estimate of drug-likeness (QED) is 0.602.